The van der Waals surface area contributed by atoms with Gasteiger partial charge in [-0.05, 0) is 30.9 Å². The first-order valence-electron chi connectivity index (χ1n) is 6.14. The highest BCUT2D eigenvalue weighted by Gasteiger charge is 2.21. The fraction of sp³-hybridized carbons (Fsp3) is 0.538. The minimum Gasteiger partial charge on any atom is -0.478 e. The predicted octanol–water partition coefficient (Wildman–Crippen LogP) is 1.64. The van der Waals surface area contributed by atoms with Gasteiger partial charge in [0, 0.05) is 26.4 Å². The summed E-state index contributed by atoms with van der Waals surface area (Å²) in [6.45, 7) is 2.55. The smallest absolute Gasteiger partial charge is 0.335 e. The number of methoxy groups -OCH3 is 1. The topological polar surface area (TPSA) is 62.7 Å². The average molecular weight is 250 g/mol. The summed E-state index contributed by atoms with van der Waals surface area (Å²) in [5.41, 5.74) is 0.286. The lowest BCUT2D eigenvalue weighted by molar-refractivity contribution is 0.0696. The van der Waals surface area contributed by atoms with Crippen LogP contribution in [0.2, 0.25) is 0 Å². The van der Waals surface area contributed by atoms with Gasteiger partial charge in [-0.25, -0.2) is 9.78 Å². The van der Waals surface area contributed by atoms with Crippen LogP contribution in [-0.2, 0) is 4.74 Å². The van der Waals surface area contributed by atoms with Gasteiger partial charge in [0.2, 0.25) is 0 Å². The molecule has 0 saturated carbocycles. The van der Waals surface area contributed by atoms with Crippen molar-refractivity contribution in [3.8, 4) is 0 Å². The fourth-order valence-corrected chi connectivity index (χ4v) is 2.37. The van der Waals surface area contributed by atoms with E-state index >= 15 is 0 Å². The average Bonchev–Trinajstić information content (AvgIpc) is 2.39. The van der Waals surface area contributed by atoms with Crippen molar-refractivity contribution in [2.24, 2.45) is 5.92 Å². The number of piperidine rings is 1. The molecule has 0 aromatic carbocycles. The van der Waals surface area contributed by atoms with Gasteiger partial charge in [0.15, 0.2) is 0 Å². The Labute approximate surface area is 106 Å². The van der Waals surface area contributed by atoms with E-state index in [4.69, 9.17) is 9.84 Å². The van der Waals surface area contributed by atoms with Crippen LogP contribution in [0.25, 0.3) is 0 Å². The summed E-state index contributed by atoms with van der Waals surface area (Å²) in [7, 11) is 1.71. The molecule has 2 rings (SSSR count). The third kappa shape index (κ3) is 2.98. The number of nitrogens with zero attached hydrogens (tertiary/aromatic N) is 2. The van der Waals surface area contributed by atoms with E-state index in [1.807, 2.05) is 0 Å². The first-order valence-corrected chi connectivity index (χ1v) is 6.14. The molecule has 0 amide bonds. The molecule has 1 unspecified atom stereocenters. The van der Waals surface area contributed by atoms with Gasteiger partial charge in [-0.15, -0.1) is 0 Å². The quantitative estimate of drug-likeness (QED) is 0.880. The molecule has 1 atom stereocenters. The standard InChI is InChI=1S/C13H18N2O3/c1-18-9-10-3-2-6-15(8-10)12-7-11(13(16)17)4-5-14-12/h4-5,7,10H,2-3,6,8-9H2,1H3,(H,16,17). The monoisotopic (exact) mass is 250 g/mol. The molecule has 1 aliphatic heterocycles. The van der Waals surface area contributed by atoms with Crippen molar-refractivity contribution < 1.29 is 14.6 Å². The lowest BCUT2D eigenvalue weighted by Gasteiger charge is -2.33. The molecule has 98 valence electrons. The zero-order chi connectivity index (χ0) is 13.0. The molecule has 0 spiro atoms. The third-order valence-electron chi connectivity index (χ3n) is 3.24. The number of hydrogen-bond donors (Lipinski definition) is 1. The second-order valence-corrected chi connectivity index (χ2v) is 4.62. The Morgan fingerprint density at radius 2 is 2.50 bits per heavy atom. The Morgan fingerprint density at radius 1 is 1.67 bits per heavy atom. The summed E-state index contributed by atoms with van der Waals surface area (Å²) in [5.74, 6) is 0.332. The van der Waals surface area contributed by atoms with E-state index in [1.165, 1.54) is 6.07 Å². The number of pyridine rings is 1. The number of carbonyl (C=O) groups is 1. The van der Waals surface area contributed by atoms with E-state index in [9.17, 15) is 4.79 Å². The predicted molar refractivity (Wildman–Crippen MR) is 68.0 cm³/mol. The lowest BCUT2D eigenvalue weighted by atomic mass is 9.99. The SMILES string of the molecule is COCC1CCCN(c2cc(C(=O)O)ccn2)C1. The summed E-state index contributed by atoms with van der Waals surface area (Å²) < 4.78 is 5.19. The fourth-order valence-electron chi connectivity index (χ4n) is 2.37. The molecule has 2 heterocycles. The van der Waals surface area contributed by atoms with E-state index < -0.39 is 5.97 Å². The van der Waals surface area contributed by atoms with Crippen molar-refractivity contribution in [2.75, 3.05) is 31.7 Å². The molecular formula is C13H18N2O3. The van der Waals surface area contributed by atoms with Crippen molar-refractivity contribution >= 4 is 11.8 Å². The highest BCUT2D eigenvalue weighted by atomic mass is 16.5. The van der Waals surface area contributed by atoms with Gasteiger partial charge in [0.05, 0.1) is 12.2 Å². The van der Waals surface area contributed by atoms with Crippen LogP contribution >= 0.6 is 0 Å². The minimum atomic E-state index is -0.913. The number of aromatic carboxylic acids is 1. The molecule has 1 aromatic rings. The van der Waals surface area contributed by atoms with Crippen LogP contribution in [0, 0.1) is 5.92 Å². The van der Waals surface area contributed by atoms with Crippen LogP contribution in [-0.4, -0.2) is 42.9 Å². The molecule has 0 aliphatic carbocycles. The number of carboxylic acid groups (broad SMARTS) is 1. The second-order valence-electron chi connectivity index (χ2n) is 4.62. The van der Waals surface area contributed by atoms with Gasteiger partial charge < -0.3 is 14.7 Å². The van der Waals surface area contributed by atoms with Crippen LogP contribution in [0.4, 0.5) is 5.82 Å². The molecule has 1 aromatic heterocycles. The molecule has 0 radical (unpaired) electrons. The van der Waals surface area contributed by atoms with E-state index in [2.05, 4.69) is 9.88 Å². The van der Waals surface area contributed by atoms with Gasteiger partial charge in [0.1, 0.15) is 5.82 Å². The van der Waals surface area contributed by atoms with Gasteiger partial charge in [0.25, 0.3) is 0 Å². The maximum Gasteiger partial charge on any atom is 0.335 e. The Morgan fingerprint density at radius 3 is 3.22 bits per heavy atom. The number of hydrogen-bond acceptors (Lipinski definition) is 4. The van der Waals surface area contributed by atoms with Crippen LogP contribution < -0.4 is 4.90 Å². The number of anilines is 1. The van der Waals surface area contributed by atoms with Crippen molar-refractivity contribution in [2.45, 2.75) is 12.8 Å². The molecule has 5 heteroatoms. The molecular weight excluding hydrogens is 232 g/mol. The Bertz CT molecular complexity index is 420. The second kappa shape index (κ2) is 5.82. The number of aromatic nitrogens is 1. The Balaban J connectivity index is 2.10. The van der Waals surface area contributed by atoms with Crippen molar-refractivity contribution in [1.29, 1.82) is 0 Å². The highest BCUT2D eigenvalue weighted by molar-refractivity contribution is 5.88. The van der Waals surface area contributed by atoms with Crippen LogP contribution in [0.1, 0.15) is 23.2 Å². The van der Waals surface area contributed by atoms with Crippen molar-refractivity contribution in [3.05, 3.63) is 23.9 Å². The lowest BCUT2D eigenvalue weighted by Crippen LogP contribution is -2.37. The number of rotatable bonds is 4. The third-order valence-corrected chi connectivity index (χ3v) is 3.24. The zero-order valence-corrected chi connectivity index (χ0v) is 10.5. The zero-order valence-electron chi connectivity index (χ0n) is 10.5. The molecule has 0 bridgehead atoms. The van der Waals surface area contributed by atoms with Crippen LogP contribution in [0.3, 0.4) is 0 Å². The van der Waals surface area contributed by atoms with Crippen LogP contribution in [0.15, 0.2) is 18.3 Å². The summed E-state index contributed by atoms with van der Waals surface area (Å²) in [5, 5.41) is 8.98. The maximum absolute atomic E-state index is 10.9. The molecule has 1 fully saturated rings. The van der Waals surface area contributed by atoms with Gasteiger partial charge >= 0.3 is 5.97 Å². The van der Waals surface area contributed by atoms with E-state index in [1.54, 1.807) is 19.4 Å². The largest absolute Gasteiger partial charge is 0.478 e. The normalized spacial score (nSPS) is 19.8. The van der Waals surface area contributed by atoms with Crippen molar-refractivity contribution in [1.82, 2.24) is 4.98 Å². The molecule has 5 nitrogen and oxygen atoms in total. The molecule has 18 heavy (non-hydrogen) atoms. The summed E-state index contributed by atoms with van der Waals surface area (Å²) in [6.07, 6.45) is 3.80. The molecule has 1 saturated heterocycles. The molecule has 1 N–H and O–H groups in total. The van der Waals surface area contributed by atoms with Gasteiger partial charge in [-0.1, -0.05) is 0 Å². The van der Waals surface area contributed by atoms with E-state index in [-0.39, 0.29) is 5.56 Å². The first kappa shape index (κ1) is 12.8. The summed E-state index contributed by atoms with van der Waals surface area (Å²) >= 11 is 0. The van der Waals surface area contributed by atoms with Crippen molar-refractivity contribution in [3.63, 3.8) is 0 Å². The first-order chi connectivity index (χ1) is 8.70. The van der Waals surface area contributed by atoms with E-state index in [0.717, 1.165) is 38.4 Å². The maximum atomic E-state index is 10.9. The summed E-state index contributed by atoms with van der Waals surface area (Å²) in [6, 6.07) is 3.15. The van der Waals surface area contributed by atoms with Gasteiger partial charge in [-0.2, -0.15) is 0 Å². The highest BCUT2D eigenvalue weighted by Crippen LogP contribution is 2.22. The summed E-state index contributed by atoms with van der Waals surface area (Å²) in [4.78, 5) is 17.3. The van der Waals surface area contributed by atoms with Crippen LogP contribution in [0.5, 0.6) is 0 Å². The minimum absolute atomic E-state index is 0.286. The Kier molecular flexibility index (Phi) is 4.15. The Hall–Kier alpha value is -1.62. The van der Waals surface area contributed by atoms with Gasteiger partial charge in [-0.3, -0.25) is 0 Å². The number of ether oxygens (including phenoxy) is 1. The van der Waals surface area contributed by atoms with E-state index in [0.29, 0.717) is 5.92 Å². The molecule has 1 aliphatic rings. The number of carboxylic acids is 1.